The van der Waals surface area contributed by atoms with E-state index in [9.17, 15) is 0 Å². The van der Waals surface area contributed by atoms with Crippen molar-refractivity contribution in [3.8, 4) is 0 Å². The minimum absolute atomic E-state index is 1.25. The summed E-state index contributed by atoms with van der Waals surface area (Å²) in [6.07, 6.45) is 0. The summed E-state index contributed by atoms with van der Waals surface area (Å²) in [5.41, 5.74) is 11.7. The maximum Gasteiger partial charge on any atom is 0.0571 e. The molecule has 0 fully saturated rings. The number of fused-ring (bicyclic) bond motifs is 2. The lowest BCUT2D eigenvalue weighted by Crippen LogP contribution is -1.92. The van der Waals surface area contributed by atoms with Crippen molar-refractivity contribution in [3.63, 3.8) is 0 Å². The van der Waals surface area contributed by atoms with E-state index < -0.39 is 0 Å². The van der Waals surface area contributed by atoms with Crippen molar-refractivity contribution >= 4 is 51.0 Å². The van der Waals surface area contributed by atoms with Gasteiger partial charge in [0.1, 0.15) is 0 Å². The van der Waals surface area contributed by atoms with E-state index in [4.69, 9.17) is 0 Å². The Bertz CT molecular complexity index is 1640. The standard InChI is InChI=1S/C34H22S2/c1-3-9-23(10-4-1)31(33-29-21-27-13-7-8-14-28(27)22-30(29)33)25-15-17-26(18-16-25)32(34-35-19-20-36-34)24-11-5-2-6-12-24/h1-22H. The number of rotatable bonds is 4. The zero-order valence-corrected chi connectivity index (χ0v) is 21.2. The summed E-state index contributed by atoms with van der Waals surface area (Å²) in [6, 6.07) is 44.0. The summed E-state index contributed by atoms with van der Waals surface area (Å²) in [5, 5.41) is 6.94. The van der Waals surface area contributed by atoms with Crippen molar-refractivity contribution in [1.29, 1.82) is 0 Å². The third-order valence-electron chi connectivity index (χ3n) is 6.81. The van der Waals surface area contributed by atoms with Crippen molar-refractivity contribution in [2.45, 2.75) is 0 Å². The first kappa shape index (κ1) is 21.6. The maximum absolute atomic E-state index is 2.34. The molecule has 0 unspecified atom stereocenters. The third kappa shape index (κ3) is 3.83. The summed E-state index contributed by atoms with van der Waals surface area (Å²) in [6.45, 7) is 0. The molecule has 2 heteroatoms. The van der Waals surface area contributed by atoms with Gasteiger partial charge in [-0.05, 0) is 78.2 Å². The Morgan fingerprint density at radius 2 is 0.833 bits per heavy atom. The van der Waals surface area contributed by atoms with Crippen LogP contribution in [0, 0.1) is 0 Å². The van der Waals surface area contributed by atoms with Crippen LogP contribution in [-0.4, -0.2) is 0 Å². The summed E-state index contributed by atoms with van der Waals surface area (Å²) < 4.78 is 1.33. The van der Waals surface area contributed by atoms with Gasteiger partial charge >= 0.3 is 0 Å². The molecule has 0 atom stereocenters. The van der Waals surface area contributed by atoms with Gasteiger partial charge in [-0.25, -0.2) is 0 Å². The van der Waals surface area contributed by atoms with Crippen LogP contribution in [0.1, 0.15) is 33.4 Å². The molecule has 0 N–H and O–H groups in total. The van der Waals surface area contributed by atoms with E-state index in [1.807, 2.05) is 23.5 Å². The molecule has 0 amide bonds. The topological polar surface area (TPSA) is 0 Å². The molecule has 5 aromatic carbocycles. The second-order valence-corrected chi connectivity index (χ2v) is 11.1. The van der Waals surface area contributed by atoms with Crippen molar-refractivity contribution in [3.05, 3.63) is 170 Å². The highest BCUT2D eigenvalue weighted by molar-refractivity contribution is 8.27. The van der Waals surface area contributed by atoms with Crippen LogP contribution < -0.4 is 0 Å². The molecule has 2 aliphatic rings. The monoisotopic (exact) mass is 494 g/mol. The molecule has 0 radical (unpaired) electrons. The molecule has 36 heavy (non-hydrogen) atoms. The average Bonchev–Trinajstić information content (AvgIpc) is 3.34. The van der Waals surface area contributed by atoms with E-state index in [-0.39, 0.29) is 0 Å². The summed E-state index contributed by atoms with van der Waals surface area (Å²) >= 11 is 3.62. The molecule has 0 spiro atoms. The lowest BCUT2D eigenvalue weighted by Gasteiger charge is -2.14. The zero-order valence-electron chi connectivity index (χ0n) is 19.5. The van der Waals surface area contributed by atoms with Gasteiger partial charge in [-0.1, -0.05) is 133 Å². The van der Waals surface area contributed by atoms with Crippen molar-refractivity contribution < 1.29 is 0 Å². The first-order valence-corrected chi connectivity index (χ1v) is 13.8. The van der Waals surface area contributed by atoms with Crippen molar-refractivity contribution in [2.24, 2.45) is 0 Å². The van der Waals surface area contributed by atoms with Gasteiger partial charge < -0.3 is 0 Å². The average molecular weight is 495 g/mol. The van der Waals surface area contributed by atoms with Gasteiger partial charge in [-0.3, -0.25) is 0 Å². The van der Waals surface area contributed by atoms with Gasteiger partial charge in [0.25, 0.3) is 0 Å². The molecule has 5 aromatic rings. The first-order valence-electron chi connectivity index (χ1n) is 12.1. The van der Waals surface area contributed by atoms with E-state index in [1.165, 1.54) is 65.1 Å². The minimum atomic E-state index is 1.25. The van der Waals surface area contributed by atoms with E-state index in [0.29, 0.717) is 0 Å². The molecule has 0 bridgehead atoms. The lowest BCUT2D eigenvalue weighted by atomic mass is 9.93. The molecule has 170 valence electrons. The molecule has 0 aromatic heterocycles. The van der Waals surface area contributed by atoms with Gasteiger partial charge in [0.2, 0.25) is 0 Å². The molecule has 7 rings (SSSR count). The van der Waals surface area contributed by atoms with Gasteiger partial charge in [-0.2, -0.15) is 0 Å². The highest BCUT2D eigenvalue weighted by Gasteiger charge is 2.30. The fraction of sp³-hybridized carbons (Fsp3) is 0. The van der Waals surface area contributed by atoms with E-state index in [1.54, 1.807) is 0 Å². The Kier molecular flexibility index (Phi) is 5.42. The summed E-state index contributed by atoms with van der Waals surface area (Å²) in [4.78, 5) is 0. The van der Waals surface area contributed by atoms with E-state index >= 15 is 0 Å². The Balaban J connectivity index is 1.36. The Morgan fingerprint density at radius 1 is 0.417 bits per heavy atom. The van der Waals surface area contributed by atoms with Gasteiger partial charge in [-0.15, -0.1) is 0 Å². The fourth-order valence-corrected chi connectivity index (χ4v) is 7.02. The fourth-order valence-electron chi connectivity index (χ4n) is 5.07. The molecular weight excluding hydrogens is 473 g/mol. The van der Waals surface area contributed by atoms with Crippen LogP contribution in [0.2, 0.25) is 0 Å². The largest absolute Gasteiger partial charge is 0.0895 e. The molecule has 1 aliphatic heterocycles. The summed E-state index contributed by atoms with van der Waals surface area (Å²) in [5.74, 6) is 0. The number of thioether (sulfide) groups is 2. The van der Waals surface area contributed by atoms with E-state index in [2.05, 4.69) is 132 Å². The normalized spacial score (nSPS) is 13.7. The van der Waals surface area contributed by atoms with Gasteiger partial charge in [0.05, 0.1) is 4.24 Å². The van der Waals surface area contributed by atoms with Crippen LogP contribution >= 0.6 is 23.5 Å². The molecule has 0 nitrogen and oxygen atoms in total. The first-order chi connectivity index (χ1) is 17.9. The third-order valence-corrected chi connectivity index (χ3v) is 8.94. The van der Waals surface area contributed by atoms with Crippen LogP contribution in [0.25, 0.3) is 27.5 Å². The smallest absolute Gasteiger partial charge is 0.0571 e. The molecule has 0 saturated heterocycles. The number of benzene rings is 5. The second-order valence-electron chi connectivity index (χ2n) is 8.97. The van der Waals surface area contributed by atoms with Crippen LogP contribution in [-0.2, 0) is 0 Å². The summed E-state index contributed by atoms with van der Waals surface area (Å²) in [7, 11) is 0. The SMILES string of the molecule is C1=CSC(=C(c2ccccc2)c2ccc(C(=C3c4cc5ccccc5cc43)c3ccccc3)cc2)S1. The van der Waals surface area contributed by atoms with Crippen molar-refractivity contribution in [1.82, 2.24) is 0 Å². The Morgan fingerprint density at radius 3 is 1.36 bits per heavy atom. The molecular formula is C34H22S2. The maximum atomic E-state index is 2.34. The van der Waals surface area contributed by atoms with Crippen LogP contribution in [0.4, 0.5) is 0 Å². The van der Waals surface area contributed by atoms with Gasteiger partial charge in [0.15, 0.2) is 0 Å². The van der Waals surface area contributed by atoms with Crippen molar-refractivity contribution in [2.75, 3.05) is 0 Å². The lowest BCUT2D eigenvalue weighted by molar-refractivity contribution is 1.51. The predicted octanol–water partition coefficient (Wildman–Crippen LogP) is 9.83. The van der Waals surface area contributed by atoms with Crippen LogP contribution in [0.3, 0.4) is 0 Å². The highest BCUT2D eigenvalue weighted by Crippen LogP contribution is 2.51. The van der Waals surface area contributed by atoms with E-state index in [0.717, 1.165) is 0 Å². The predicted molar refractivity (Wildman–Crippen MR) is 159 cm³/mol. The molecule has 0 saturated carbocycles. The Hall–Kier alpha value is -3.72. The Labute approximate surface area is 220 Å². The number of hydrogen-bond acceptors (Lipinski definition) is 2. The molecule has 1 aliphatic carbocycles. The quantitative estimate of drug-likeness (QED) is 0.239. The van der Waals surface area contributed by atoms with Crippen LogP contribution in [0.15, 0.2) is 136 Å². The second kappa shape index (κ2) is 9.05. The zero-order chi connectivity index (χ0) is 23.9. The number of hydrogen-bond donors (Lipinski definition) is 0. The van der Waals surface area contributed by atoms with Gasteiger partial charge in [0, 0.05) is 5.57 Å². The van der Waals surface area contributed by atoms with Crippen LogP contribution in [0.5, 0.6) is 0 Å². The molecule has 1 heterocycles. The highest BCUT2D eigenvalue weighted by atomic mass is 32.2. The minimum Gasteiger partial charge on any atom is -0.0895 e.